The monoisotopic (exact) mass is 435 g/mol. The first-order valence-corrected chi connectivity index (χ1v) is 9.75. The number of carbonyl (C=O) groups is 3. The molecule has 0 aliphatic carbocycles. The van der Waals surface area contributed by atoms with Crippen molar-refractivity contribution in [2.45, 2.75) is 26.3 Å². The Morgan fingerprint density at radius 1 is 1.31 bits per heavy atom. The molecule has 0 unspecified atom stereocenters. The number of carbonyl (C=O) groups excluding carboxylic acids is 3. The van der Waals surface area contributed by atoms with Gasteiger partial charge in [0.25, 0.3) is 5.91 Å². The van der Waals surface area contributed by atoms with Gasteiger partial charge in [-0.3, -0.25) is 9.59 Å². The van der Waals surface area contributed by atoms with E-state index in [2.05, 4.69) is 10.3 Å². The Bertz CT molecular complexity index is 965. The molecule has 7 nitrogen and oxygen atoms in total. The highest BCUT2D eigenvalue weighted by Gasteiger charge is 2.20. The number of halogens is 2. The fourth-order valence-corrected chi connectivity index (χ4v) is 3.30. The summed E-state index contributed by atoms with van der Waals surface area (Å²) in [6, 6.07) is 6.81. The van der Waals surface area contributed by atoms with Crippen molar-refractivity contribution in [3.8, 4) is 0 Å². The smallest absolute Gasteiger partial charge is 0.338 e. The van der Waals surface area contributed by atoms with Crippen LogP contribution in [0.15, 0.2) is 30.5 Å². The highest BCUT2D eigenvalue weighted by atomic mass is 35.5. The van der Waals surface area contributed by atoms with E-state index in [9.17, 15) is 14.4 Å². The summed E-state index contributed by atoms with van der Waals surface area (Å²) in [5.41, 5.74) is 1.72. The molecule has 0 saturated carbocycles. The maximum Gasteiger partial charge on any atom is 0.338 e. The normalized spacial score (nSPS) is 13.5. The van der Waals surface area contributed by atoms with Gasteiger partial charge in [-0.1, -0.05) is 35.3 Å². The second kappa shape index (κ2) is 9.24. The lowest BCUT2D eigenvalue weighted by atomic mass is 10.1. The summed E-state index contributed by atoms with van der Waals surface area (Å²) in [5, 5.41) is 3.10. The molecule has 0 atom stereocenters. The van der Waals surface area contributed by atoms with Crippen LogP contribution in [0.1, 0.15) is 34.3 Å². The first-order chi connectivity index (χ1) is 13.8. The van der Waals surface area contributed by atoms with Gasteiger partial charge in [0.1, 0.15) is 0 Å². The number of ether oxygens (including phenoxy) is 1. The van der Waals surface area contributed by atoms with Gasteiger partial charge in [0, 0.05) is 25.7 Å². The van der Waals surface area contributed by atoms with E-state index in [0.717, 1.165) is 12.0 Å². The van der Waals surface area contributed by atoms with Crippen molar-refractivity contribution in [1.29, 1.82) is 0 Å². The quantitative estimate of drug-likeness (QED) is 0.699. The molecule has 29 heavy (non-hydrogen) atoms. The molecule has 1 aromatic heterocycles. The molecule has 2 heterocycles. The van der Waals surface area contributed by atoms with Gasteiger partial charge < -0.3 is 15.0 Å². The lowest BCUT2D eigenvalue weighted by molar-refractivity contribution is -0.128. The molecule has 1 fully saturated rings. The molecule has 9 heteroatoms. The Morgan fingerprint density at radius 2 is 2.10 bits per heavy atom. The molecule has 0 bridgehead atoms. The van der Waals surface area contributed by atoms with Crippen LogP contribution in [-0.2, 0) is 20.9 Å². The predicted octanol–water partition coefficient (Wildman–Crippen LogP) is 3.61. The van der Waals surface area contributed by atoms with E-state index in [0.29, 0.717) is 35.7 Å². The number of hydrogen-bond acceptors (Lipinski definition) is 5. The number of esters is 1. The first-order valence-electron chi connectivity index (χ1n) is 8.99. The molecule has 1 saturated heterocycles. The molecule has 152 valence electrons. The van der Waals surface area contributed by atoms with E-state index in [1.54, 1.807) is 30.0 Å². The second-order valence-corrected chi connectivity index (χ2v) is 7.42. The second-order valence-electron chi connectivity index (χ2n) is 6.64. The summed E-state index contributed by atoms with van der Waals surface area (Å²) < 4.78 is 5.07. The molecule has 2 amide bonds. The molecule has 1 aliphatic heterocycles. The standard InChI is InChI=1S/C20H19Cl2N3O4/c1-12-15(21)9-23-19(18(12)22)24-16(26)11-29-20(28)14-5-2-4-13(8-14)10-25-7-3-6-17(25)27/h2,4-5,8-9H,3,6-7,10-11H2,1H3,(H,23,24,26). The van der Waals surface area contributed by atoms with Gasteiger partial charge in [-0.2, -0.15) is 0 Å². The zero-order chi connectivity index (χ0) is 21.0. The van der Waals surface area contributed by atoms with Crippen LogP contribution in [-0.4, -0.2) is 40.8 Å². The highest BCUT2D eigenvalue weighted by Crippen LogP contribution is 2.28. The summed E-state index contributed by atoms with van der Waals surface area (Å²) in [5.74, 6) is -0.958. The maximum absolute atomic E-state index is 12.3. The Hall–Kier alpha value is -2.64. The van der Waals surface area contributed by atoms with Gasteiger partial charge in [-0.15, -0.1) is 0 Å². The number of nitrogens with zero attached hydrogens (tertiary/aromatic N) is 2. The van der Waals surface area contributed by atoms with Crippen LogP contribution in [0.2, 0.25) is 10.0 Å². The number of anilines is 1. The zero-order valence-electron chi connectivity index (χ0n) is 15.7. The Kier molecular flexibility index (Phi) is 6.71. The van der Waals surface area contributed by atoms with Crippen LogP contribution in [0.4, 0.5) is 5.82 Å². The van der Waals surface area contributed by atoms with E-state index >= 15 is 0 Å². The molecule has 0 spiro atoms. The third-order valence-corrected chi connectivity index (χ3v) is 5.35. The van der Waals surface area contributed by atoms with Gasteiger partial charge in [0.2, 0.25) is 5.91 Å². The predicted molar refractivity (Wildman–Crippen MR) is 109 cm³/mol. The van der Waals surface area contributed by atoms with Crippen LogP contribution < -0.4 is 5.32 Å². The third kappa shape index (κ3) is 5.25. The van der Waals surface area contributed by atoms with Crippen LogP contribution in [0.5, 0.6) is 0 Å². The number of amides is 2. The van der Waals surface area contributed by atoms with E-state index < -0.39 is 18.5 Å². The molecule has 2 aromatic rings. The van der Waals surface area contributed by atoms with Crippen molar-refractivity contribution in [2.75, 3.05) is 18.5 Å². The van der Waals surface area contributed by atoms with Crippen LogP contribution in [0, 0.1) is 6.92 Å². The average molecular weight is 436 g/mol. The van der Waals surface area contributed by atoms with Crippen molar-refractivity contribution in [2.24, 2.45) is 0 Å². The zero-order valence-corrected chi connectivity index (χ0v) is 17.2. The molecule has 1 N–H and O–H groups in total. The minimum atomic E-state index is -0.638. The number of likely N-dealkylation sites (tertiary alicyclic amines) is 1. The van der Waals surface area contributed by atoms with Gasteiger partial charge in [-0.25, -0.2) is 9.78 Å². The van der Waals surface area contributed by atoms with Gasteiger partial charge in [0.15, 0.2) is 12.4 Å². The van der Waals surface area contributed by atoms with Gasteiger partial charge in [-0.05, 0) is 36.6 Å². The first kappa shape index (κ1) is 21.1. The number of pyridine rings is 1. The van der Waals surface area contributed by atoms with E-state index in [4.69, 9.17) is 27.9 Å². The largest absolute Gasteiger partial charge is 0.452 e. The highest BCUT2D eigenvalue weighted by molar-refractivity contribution is 6.37. The topological polar surface area (TPSA) is 88.6 Å². The molecular weight excluding hydrogens is 417 g/mol. The molecule has 0 radical (unpaired) electrons. The Labute approximate surface area is 178 Å². The van der Waals surface area contributed by atoms with Crippen molar-refractivity contribution in [3.05, 3.63) is 57.2 Å². The lowest BCUT2D eigenvalue weighted by Gasteiger charge is -2.15. The van der Waals surface area contributed by atoms with Crippen LogP contribution in [0.25, 0.3) is 0 Å². The SMILES string of the molecule is Cc1c(Cl)cnc(NC(=O)COC(=O)c2cccc(CN3CCCC3=O)c2)c1Cl. The minimum absolute atomic E-state index is 0.111. The fraction of sp³-hybridized carbons (Fsp3) is 0.300. The number of rotatable bonds is 6. The molecule has 3 rings (SSSR count). The van der Waals surface area contributed by atoms with E-state index in [1.165, 1.54) is 6.20 Å². The lowest BCUT2D eigenvalue weighted by Crippen LogP contribution is -2.24. The number of aromatic nitrogens is 1. The molecule has 1 aliphatic rings. The van der Waals surface area contributed by atoms with Crippen molar-refractivity contribution in [3.63, 3.8) is 0 Å². The number of nitrogens with one attached hydrogen (secondary N) is 1. The van der Waals surface area contributed by atoms with E-state index in [1.807, 2.05) is 6.07 Å². The number of hydrogen-bond donors (Lipinski definition) is 1. The number of benzene rings is 1. The molecular formula is C20H19Cl2N3O4. The summed E-state index contributed by atoms with van der Waals surface area (Å²) in [4.78, 5) is 41.8. The third-order valence-electron chi connectivity index (χ3n) is 4.50. The van der Waals surface area contributed by atoms with E-state index in [-0.39, 0.29) is 16.7 Å². The Morgan fingerprint density at radius 3 is 2.83 bits per heavy atom. The summed E-state index contributed by atoms with van der Waals surface area (Å²) in [7, 11) is 0. The van der Waals surface area contributed by atoms with Crippen molar-refractivity contribution < 1.29 is 19.1 Å². The summed E-state index contributed by atoms with van der Waals surface area (Å²) in [6.07, 6.45) is 2.78. The average Bonchev–Trinajstić information content (AvgIpc) is 3.11. The fourth-order valence-electron chi connectivity index (χ4n) is 2.92. The van der Waals surface area contributed by atoms with Crippen LogP contribution in [0.3, 0.4) is 0 Å². The van der Waals surface area contributed by atoms with Crippen molar-refractivity contribution >= 4 is 46.8 Å². The minimum Gasteiger partial charge on any atom is -0.452 e. The summed E-state index contributed by atoms with van der Waals surface area (Å²) in [6.45, 7) is 2.37. The van der Waals surface area contributed by atoms with Crippen LogP contribution >= 0.6 is 23.2 Å². The summed E-state index contributed by atoms with van der Waals surface area (Å²) >= 11 is 12.0. The van der Waals surface area contributed by atoms with Crippen molar-refractivity contribution in [1.82, 2.24) is 9.88 Å². The Balaban J connectivity index is 1.56. The maximum atomic E-state index is 12.3. The van der Waals surface area contributed by atoms with Gasteiger partial charge >= 0.3 is 5.97 Å². The molecule has 1 aromatic carbocycles. The van der Waals surface area contributed by atoms with Gasteiger partial charge in [0.05, 0.1) is 15.6 Å².